The van der Waals surface area contributed by atoms with Crippen LogP contribution in [0.1, 0.15) is 20.3 Å². The molecule has 0 N–H and O–H groups in total. The van der Waals surface area contributed by atoms with Crippen LogP contribution in [0.4, 0.5) is 0 Å². The molecule has 0 aliphatic carbocycles. The Morgan fingerprint density at radius 2 is 2.00 bits per heavy atom. The summed E-state index contributed by atoms with van der Waals surface area (Å²) < 4.78 is 15.2. The zero-order valence-electron chi connectivity index (χ0n) is 6.50. The van der Waals surface area contributed by atoms with E-state index in [0.29, 0.717) is 21.2 Å². The van der Waals surface area contributed by atoms with Crippen LogP contribution in [-0.4, -0.2) is 22.5 Å². The van der Waals surface area contributed by atoms with Gasteiger partial charge in [-0.1, -0.05) is 20.3 Å². The molecule has 1 heterocycles. The van der Waals surface area contributed by atoms with Crippen molar-refractivity contribution >= 4 is 22.5 Å². The molecule has 1 rings (SSSR count). The van der Waals surface area contributed by atoms with Crippen LogP contribution in [-0.2, 0) is 13.7 Å². The lowest BCUT2D eigenvalue weighted by Gasteiger charge is -2.23. The summed E-state index contributed by atoms with van der Waals surface area (Å²) in [5, 5.41) is 0. The molecule has 0 aromatic rings. The third-order valence-electron chi connectivity index (χ3n) is 1.74. The van der Waals surface area contributed by atoms with Crippen LogP contribution in [0.2, 0.25) is 5.82 Å². The normalized spacial score (nSPS) is 21.2. The van der Waals surface area contributed by atoms with Crippen LogP contribution in [0.3, 0.4) is 0 Å². The molecule has 1 aliphatic rings. The average Bonchev–Trinajstić information content (AvgIpc) is 2.05. The van der Waals surface area contributed by atoms with Crippen LogP contribution in [0.5, 0.6) is 0 Å². The van der Waals surface area contributed by atoms with Gasteiger partial charge in [0.1, 0.15) is 0 Å². The van der Waals surface area contributed by atoms with Gasteiger partial charge in [-0.3, -0.25) is 0 Å². The highest BCUT2D eigenvalue weighted by Crippen LogP contribution is 2.16. The minimum atomic E-state index is -0.0567. The Balaban J connectivity index is 2.24. The molecule has 0 amide bonds. The third-order valence-corrected chi connectivity index (χ3v) is 1.74. The van der Waals surface area contributed by atoms with Crippen molar-refractivity contribution in [2.45, 2.75) is 26.1 Å². The van der Waals surface area contributed by atoms with E-state index in [9.17, 15) is 0 Å². The molecular weight excluding hydrogens is 128 g/mol. The van der Waals surface area contributed by atoms with Gasteiger partial charge in [-0.15, -0.1) is 0 Å². The SMILES string of the molecule is CCC(C)B1OBOBO1. The lowest BCUT2D eigenvalue weighted by Crippen LogP contribution is -2.37. The summed E-state index contributed by atoms with van der Waals surface area (Å²) in [6, 6.07) is 0. The second-order valence-corrected chi connectivity index (χ2v) is 2.53. The Labute approximate surface area is 63.2 Å². The molecule has 1 atom stereocenters. The molecule has 54 valence electrons. The number of hydrogen-bond acceptors (Lipinski definition) is 3. The largest absolute Gasteiger partial charge is 0.458 e. The van der Waals surface area contributed by atoms with Crippen molar-refractivity contribution in [2.24, 2.45) is 0 Å². The van der Waals surface area contributed by atoms with Crippen molar-refractivity contribution in [3.63, 3.8) is 0 Å². The Morgan fingerprint density at radius 3 is 2.50 bits per heavy atom. The van der Waals surface area contributed by atoms with Crippen LogP contribution in [0.25, 0.3) is 0 Å². The summed E-state index contributed by atoms with van der Waals surface area (Å²) in [4.78, 5) is 0. The molecule has 1 aliphatic heterocycles. The van der Waals surface area contributed by atoms with E-state index in [1.165, 1.54) is 0 Å². The van der Waals surface area contributed by atoms with E-state index in [1.54, 1.807) is 0 Å². The molecule has 6 heteroatoms. The fourth-order valence-electron chi connectivity index (χ4n) is 0.833. The fraction of sp³-hybridized carbons (Fsp3) is 1.00. The molecule has 0 aromatic carbocycles. The third kappa shape index (κ3) is 2.04. The molecule has 0 saturated carbocycles. The van der Waals surface area contributed by atoms with Crippen LogP contribution >= 0.6 is 0 Å². The molecule has 0 aromatic heterocycles. The van der Waals surface area contributed by atoms with Gasteiger partial charge in [0.05, 0.1) is 0 Å². The topological polar surface area (TPSA) is 27.7 Å². The smallest absolute Gasteiger partial charge is 0.432 e. The van der Waals surface area contributed by atoms with Crippen LogP contribution < -0.4 is 0 Å². The highest BCUT2D eigenvalue weighted by atomic mass is 16.7. The van der Waals surface area contributed by atoms with E-state index in [0.717, 1.165) is 6.42 Å². The molecule has 0 radical (unpaired) electrons. The van der Waals surface area contributed by atoms with Crippen molar-refractivity contribution in [1.82, 2.24) is 0 Å². The number of hydrogen-bond donors (Lipinski definition) is 0. The van der Waals surface area contributed by atoms with Crippen molar-refractivity contribution < 1.29 is 13.7 Å². The second kappa shape index (κ2) is 4.06. The Morgan fingerprint density at radius 1 is 1.40 bits per heavy atom. The summed E-state index contributed by atoms with van der Waals surface area (Å²) >= 11 is 0. The lowest BCUT2D eigenvalue weighted by molar-refractivity contribution is 0.312. The summed E-state index contributed by atoms with van der Waals surface area (Å²) in [5.41, 5.74) is 0. The van der Waals surface area contributed by atoms with E-state index in [-0.39, 0.29) is 7.12 Å². The Hall–Kier alpha value is 0.0748. The summed E-state index contributed by atoms with van der Waals surface area (Å²) in [6.45, 7) is 4.23. The van der Waals surface area contributed by atoms with Gasteiger partial charge in [0.25, 0.3) is 0 Å². The average molecular weight is 140 g/mol. The second-order valence-electron chi connectivity index (χ2n) is 2.53. The summed E-state index contributed by atoms with van der Waals surface area (Å²) in [6.07, 6.45) is 1.07. The quantitative estimate of drug-likeness (QED) is 0.499. The molecule has 1 saturated heterocycles. The molecule has 10 heavy (non-hydrogen) atoms. The highest BCUT2D eigenvalue weighted by Gasteiger charge is 2.28. The van der Waals surface area contributed by atoms with Gasteiger partial charge in [0, 0.05) is 0 Å². The van der Waals surface area contributed by atoms with Crippen molar-refractivity contribution in [3.8, 4) is 0 Å². The van der Waals surface area contributed by atoms with Gasteiger partial charge in [0.2, 0.25) is 0 Å². The summed E-state index contributed by atoms with van der Waals surface area (Å²) in [7, 11) is 0.683. The van der Waals surface area contributed by atoms with Crippen LogP contribution in [0, 0.1) is 0 Å². The van der Waals surface area contributed by atoms with E-state index in [2.05, 4.69) is 13.8 Å². The molecule has 3 nitrogen and oxygen atoms in total. The van der Waals surface area contributed by atoms with E-state index in [1.807, 2.05) is 0 Å². The predicted octanol–water partition coefficient (Wildman–Crippen LogP) is -0.129. The van der Waals surface area contributed by atoms with Crippen molar-refractivity contribution in [3.05, 3.63) is 0 Å². The minimum absolute atomic E-state index is 0.0567. The first kappa shape index (κ1) is 8.17. The predicted molar refractivity (Wildman–Crippen MR) is 43.0 cm³/mol. The van der Waals surface area contributed by atoms with Gasteiger partial charge in [-0.05, 0) is 5.82 Å². The maximum Gasteiger partial charge on any atom is 0.432 e. The first-order valence-corrected chi connectivity index (χ1v) is 3.65. The standard InChI is InChI=1S/C4H11B3O3/c1-3-4(2)7-9-5-8-6-10-7/h4-6H,3H2,1-2H3. The molecule has 1 fully saturated rings. The van der Waals surface area contributed by atoms with Gasteiger partial charge in [0.15, 0.2) is 0 Å². The molecule has 0 bridgehead atoms. The van der Waals surface area contributed by atoms with Crippen molar-refractivity contribution in [2.75, 3.05) is 0 Å². The van der Waals surface area contributed by atoms with Gasteiger partial charge in [-0.25, -0.2) is 0 Å². The van der Waals surface area contributed by atoms with Crippen LogP contribution in [0.15, 0.2) is 0 Å². The minimum Gasteiger partial charge on any atom is -0.458 e. The monoisotopic (exact) mass is 140 g/mol. The first-order valence-electron chi connectivity index (χ1n) is 3.65. The molecule has 0 spiro atoms. The van der Waals surface area contributed by atoms with Crippen molar-refractivity contribution in [1.29, 1.82) is 0 Å². The van der Waals surface area contributed by atoms with Gasteiger partial charge in [-0.2, -0.15) is 0 Å². The Kier molecular flexibility index (Phi) is 3.32. The first-order chi connectivity index (χ1) is 4.84. The highest BCUT2D eigenvalue weighted by molar-refractivity contribution is 6.62. The Bertz CT molecular complexity index is 95.7. The molecular formula is C4H11B3O3. The zero-order valence-corrected chi connectivity index (χ0v) is 6.50. The lowest BCUT2D eigenvalue weighted by atomic mass is 9.69. The van der Waals surface area contributed by atoms with Gasteiger partial charge < -0.3 is 13.7 Å². The van der Waals surface area contributed by atoms with Gasteiger partial charge >= 0.3 is 22.5 Å². The summed E-state index contributed by atoms with van der Waals surface area (Å²) in [5.74, 6) is 0.462. The van der Waals surface area contributed by atoms with E-state index in [4.69, 9.17) is 13.7 Å². The number of rotatable bonds is 2. The molecule has 1 unspecified atom stereocenters. The maximum absolute atomic E-state index is 5.19. The van der Waals surface area contributed by atoms with E-state index < -0.39 is 0 Å². The fourth-order valence-corrected chi connectivity index (χ4v) is 0.833. The maximum atomic E-state index is 5.19. The van der Waals surface area contributed by atoms with E-state index >= 15 is 0 Å². The zero-order chi connectivity index (χ0) is 7.40.